The van der Waals surface area contributed by atoms with Gasteiger partial charge in [-0.1, -0.05) is 13.8 Å². The summed E-state index contributed by atoms with van der Waals surface area (Å²) in [6, 6.07) is 0. The monoisotopic (exact) mass is 146 g/mol. The third-order valence-corrected chi connectivity index (χ3v) is 1.26. The minimum Gasteiger partial charge on any atom is -0.354 e. The van der Waals surface area contributed by atoms with Gasteiger partial charge in [-0.05, 0) is 19.8 Å². The van der Waals surface area contributed by atoms with Crippen molar-refractivity contribution in [1.29, 1.82) is 0 Å². The highest BCUT2D eigenvalue weighted by atomic mass is 16.7. The van der Waals surface area contributed by atoms with E-state index in [2.05, 4.69) is 13.8 Å². The van der Waals surface area contributed by atoms with E-state index in [0.29, 0.717) is 5.92 Å². The highest BCUT2D eigenvalue weighted by Gasteiger charge is 2.16. The zero-order valence-corrected chi connectivity index (χ0v) is 7.60. The fourth-order valence-electron chi connectivity index (χ4n) is 0.426. The molecule has 0 bridgehead atoms. The van der Waals surface area contributed by atoms with E-state index in [1.54, 1.807) is 7.11 Å². The average molecular weight is 146 g/mol. The Bertz CT molecular complexity index is 87.3. The molecule has 0 atom stereocenters. The van der Waals surface area contributed by atoms with Crippen LogP contribution in [-0.4, -0.2) is 19.5 Å². The largest absolute Gasteiger partial charge is 0.354 e. The fourth-order valence-corrected chi connectivity index (χ4v) is 0.426. The van der Waals surface area contributed by atoms with Gasteiger partial charge >= 0.3 is 0 Å². The molecule has 0 amide bonds. The number of rotatable bonds is 4. The minimum atomic E-state index is -0.426. The molecule has 0 fully saturated rings. The van der Waals surface area contributed by atoms with Gasteiger partial charge in [0, 0.05) is 7.11 Å². The standard InChI is InChI=1S/C8H18O2/c1-7(2)6-10-8(3,4)9-5/h7H,6H2,1-5H3. The molecule has 0 saturated heterocycles. The molecule has 0 spiro atoms. The molecule has 0 saturated carbocycles. The zero-order valence-electron chi connectivity index (χ0n) is 7.60. The van der Waals surface area contributed by atoms with E-state index in [0.717, 1.165) is 6.61 Å². The van der Waals surface area contributed by atoms with Gasteiger partial charge in [-0.15, -0.1) is 0 Å². The molecule has 0 rings (SSSR count). The van der Waals surface area contributed by atoms with Gasteiger partial charge in [0.2, 0.25) is 0 Å². The number of methoxy groups -OCH3 is 1. The summed E-state index contributed by atoms with van der Waals surface area (Å²) in [7, 11) is 1.65. The topological polar surface area (TPSA) is 18.5 Å². The van der Waals surface area contributed by atoms with Gasteiger partial charge in [-0.3, -0.25) is 0 Å². The Morgan fingerprint density at radius 2 is 1.80 bits per heavy atom. The lowest BCUT2D eigenvalue weighted by Gasteiger charge is -2.24. The van der Waals surface area contributed by atoms with Crippen LogP contribution in [0.5, 0.6) is 0 Å². The maximum atomic E-state index is 5.42. The van der Waals surface area contributed by atoms with Crippen molar-refractivity contribution in [3.05, 3.63) is 0 Å². The summed E-state index contributed by atoms with van der Waals surface area (Å²) >= 11 is 0. The predicted octanol–water partition coefficient (Wildman–Crippen LogP) is 2.04. The van der Waals surface area contributed by atoms with Crippen LogP contribution >= 0.6 is 0 Å². The first-order chi connectivity index (χ1) is 4.48. The maximum Gasteiger partial charge on any atom is 0.162 e. The molecule has 62 valence electrons. The van der Waals surface area contributed by atoms with Crippen LogP contribution in [0.1, 0.15) is 27.7 Å². The lowest BCUT2D eigenvalue weighted by molar-refractivity contribution is -0.202. The van der Waals surface area contributed by atoms with Crippen LogP contribution in [0, 0.1) is 5.92 Å². The number of ether oxygens (including phenoxy) is 2. The normalized spacial score (nSPS) is 12.6. The second-order valence-electron chi connectivity index (χ2n) is 3.31. The summed E-state index contributed by atoms with van der Waals surface area (Å²) in [5.74, 6) is 0.138. The quantitative estimate of drug-likeness (QED) is 0.565. The summed E-state index contributed by atoms with van der Waals surface area (Å²) < 4.78 is 10.5. The van der Waals surface area contributed by atoms with Gasteiger partial charge in [-0.25, -0.2) is 0 Å². The van der Waals surface area contributed by atoms with Crippen LogP contribution in [-0.2, 0) is 9.47 Å². The van der Waals surface area contributed by atoms with Crippen molar-refractivity contribution in [3.63, 3.8) is 0 Å². The molecular formula is C8H18O2. The molecule has 0 aliphatic carbocycles. The van der Waals surface area contributed by atoms with Gasteiger partial charge in [0.25, 0.3) is 0 Å². The predicted molar refractivity (Wildman–Crippen MR) is 41.9 cm³/mol. The van der Waals surface area contributed by atoms with Crippen molar-refractivity contribution in [2.75, 3.05) is 13.7 Å². The van der Waals surface area contributed by atoms with Gasteiger partial charge in [0.15, 0.2) is 5.79 Å². The van der Waals surface area contributed by atoms with E-state index >= 15 is 0 Å². The second kappa shape index (κ2) is 3.94. The van der Waals surface area contributed by atoms with Crippen molar-refractivity contribution >= 4 is 0 Å². The SMILES string of the molecule is COC(C)(C)OCC(C)C. The lowest BCUT2D eigenvalue weighted by Crippen LogP contribution is -2.28. The molecule has 0 radical (unpaired) electrons. The first-order valence-electron chi connectivity index (χ1n) is 3.67. The average Bonchev–Trinajstić information content (AvgIpc) is 1.85. The van der Waals surface area contributed by atoms with E-state index < -0.39 is 5.79 Å². The molecule has 0 aliphatic rings. The molecule has 2 nitrogen and oxygen atoms in total. The molecule has 10 heavy (non-hydrogen) atoms. The Hall–Kier alpha value is -0.0800. The Morgan fingerprint density at radius 1 is 1.30 bits per heavy atom. The summed E-state index contributed by atoms with van der Waals surface area (Å²) in [4.78, 5) is 0. The zero-order chi connectivity index (χ0) is 8.20. The Balaban J connectivity index is 3.46. The van der Waals surface area contributed by atoms with Crippen molar-refractivity contribution in [2.45, 2.75) is 33.5 Å². The van der Waals surface area contributed by atoms with Gasteiger partial charge in [0.05, 0.1) is 6.61 Å². The van der Waals surface area contributed by atoms with Crippen molar-refractivity contribution in [2.24, 2.45) is 5.92 Å². The molecule has 0 aromatic heterocycles. The highest BCUT2D eigenvalue weighted by molar-refractivity contribution is 4.52. The van der Waals surface area contributed by atoms with Crippen LogP contribution in [0.4, 0.5) is 0 Å². The third-order valence-electron chi connectivity index (χ3n) is 1.26. The molecular weight excluding hydrogens is 128 g/mol. The number of hydrogen-bond acceptors (Lipinski definition) is 2. The molecule has 0 aromatic carbocycles. The highest BCUT2D eigenvalue weighted by Crippen LogP contribution is 2.10. The fraction of sp³-hybridized carbons (Fsp3) is 1.00. The maximum absolute atomic E-state index is 5.42. The van der Waals surface area contributed by atoms with E-state index in [-0.39, 0.29) is 0 Å². The molecule has 0 unspecified atom stereocenters. The van der Waals surface area contributed by atoms with E-state index in [1.807, 2.05) is 13.8 Å². The van der Waals surface area contributed by atoms with Gasteiger partial charge < -0.3 is 9.47 Å². The number of hydrogen-bond donors (Lipinski definition) is 0. The van der Waals surface area contributed by atoms with Crippen molar-refractivity contribution in [1.82, 2.24) is 0 Å². The first kappa shape index (κ1) is 9.92. The second-order valence-corrected chi connectivity index (χ2v) is 3.31. The molecule has 0 aromatic rings. The van der Waals surface area contributed by atoms with Crippen LogP contribution < -0.4 is 0 Å². The van der Waals surface area contributed by atoms with Crippen LogP contribution in [0.15, 0.2) is 0 Å². The Morgan fingerprint density at radius 3 is 2.10 bits per heavy atom. The van der Waals surface area contributed by atoms with Crippen molar-refractivity contribution in [3.8, 4) is 0 Å². The minimum absolute atomic E-state index is 0.426. The van der Waals surface area contributed by atoms with Gasteiger partial charge in [-0.2, -0.15) is 0 Å². The smallest absolute Gasteiger partial charge is 0.162 e. The van der Waals surface area contributed by atoms with Crippen LogP contribution in [0.25, 0.3) is 0 Å². The Kier molecular flexibility index (Phi) is 3.91. The van der Waals surface area contributed by atoms with Gasteiger partial charge in [0.1, 0.15) is 0 Å². The summed E-state index contributed by atoms with van der Waals surface area (Å²) in [6.45, 7) is 8.81. The molecule has 2 heteroatoms. The molecule has 0 aliphatic heterocycles. The molecule has 0 heterocycles. The van der Waals surface area contributed by atoms with E-state index in [9.17, 15) is 0 Å². The van der Waals surface area contributed by atoms with Crippen LogP contribution in [0.3, 0.4) is 0 Å². The third kappa shape index (κ3) is 4.77. The summed E-state index contributed by atoms with van der Waals surface area (Å²) in [6.07, 6.45) is 0. The molecule has 0 N–H and O–H groups in total. The van der Waals surface area contributed by atoms with Crippen LogP contribution in [0.2, 0.25) is 0 Å². The van der Waals surface area contributed by atoms with Crippen molar-refractivity contribution < 1.29 is 9.47 Å². The first-order valence-corrected chi connectivity index (χ1v) is 3.67. The lowest BCUT2D eigenvalue weighted by atomic mass is 10.2. The Labute approximate surface area is 63.5 Å². The summed E-state index contributed by atoms with van der Waals surface area (Å²) in [5, 5.41) is 0. The van der Waals surface area contributed by atoms with E-state index in [1.165, 1.54) is 0 Å². The summed E-state index contributed by atoms with van der Waals surface area (Å²) in [5.41, 5.74) is 0. The van der Waals surface area contributed by atoms with E-state index in [4.69, 9.17) is 9.47 Å².